The molecule has 0 aromatic heterocycles. The highest BCUT2D eigenvalue weighted by atomic mass is 35.5. The molecular formula is C28H31BClN5O11. The highest BCUT2D eigenvalue weighted by molar-refractivity contribution is 6.47. The second-order valence-electron chi connectivity index (χ2n) is 10.5. The average Bonchev–Trinajstić information content (AvgIpc) is 3.01. The Bertz CT molecular complexity index is 1570. The van der Waals surface area contributed by atoms with Gasteiger partial charge < -0.3 is 45.8 Å². The number of hydrogen-bond acceptors (Lipinski definition) is 10. The molecule has 0 saturated carbocycles. The summed E-state index contributed by atoms with van der Waals surface area (Å²) in [6.07, 6.45) is -0.414. The first-order valence-electron chi connectivity index (χ1n) is 14.2. The standard InChI is InChI=1S/C28H31BClN5O11/c1-2-31-27(43)32-8-9-34-10-11-35(25(40)24(34)39)28(44)33-21(16-6-7-18(36)22(38)20(16)30)19(37)13-15-12-14-4-3-5-17(26(41)42)23(14)46-29(15)45/h3-7,15,21,36,38,45H,2,8-13H2,1H3,(H,33,44)(H,41,42)(H2,31,32,43)/t15-,21?/m1/s1. The number of rotatable bonds is 10. The molecule has 4 rings (SSSR count). The van der Waals surface area contributed by atoms with Crippen LogP contribution in [0.5, 0.6) is 17.2 Å². The molecule has 7 N–H and O–H groups in total. The minimum absolute atomic E-state index is 0.00352. The van der Waals surface area contributed by atoms with E-state index in [-0.39, 0.29) is 49.5 Å². The number of carbonyl (C=O) groups is 6. The molecule has 0 radical (unpaired) electrons. The molecule has 2 aromatic carbocycles. The number of Topliss-reactive ketones (excluding diaryl/α,β-unsaturated/α-hetero) is 1. The Balaban J connectivity index is 1.51. The van der Waals surface area contributed by atoms with Crippen LogP contribution in [-0.2, 0) is 20.8 Å². The van der Waals surface area contributed by atoms with Gasteiger partial charge in [0.05, 0.1) is 10.6 Å². The van der Waals surface area contributed by atoms with Gasteiger partial charge in [0.2, 0.25) is 0 Å². The van der Waals surface area contributed by atoms with Gasteiger partial charge in [0.15, 0.2) is 17.3 Å². The number of halogens is 1. The smallest absolute Gasteiger partial charge is 0.526 e. The predicted octanol–water partition coefficient (Wildman–Crippen LogP) is 0.635. The lowest BCUT2D eigenvalue weighted by atomic mass is 9.64. The van der Waals surface area contributed by atoms with Crippen molar-refractivity contribution in [1.82, 2.24) is 25.8 Å². The molecule has 6 amide bonds. The van der Waals surface area contributed by atoms with Crippen LogP contribution in [0.15, 0.2) is 30.3 Å². The molecule has 0 aliphatic carbocycles. The van der Waals surface area contributed by atoms with Crippen molar-refractivity contribution < 1.29 is 53.8 Å². The van der Waals surface area contributed by atoms with Crippen LogP contribution in [0.25, 0.3) is 0 Å². The number of carboxylic acid groups (broad SMARTS) is 1. The van der Waals surface area contributed by atoms with Gasteiger partial charge in [0.25, 0.3) is 0 Å². The summed E-state index contributed by atoms with van der Waals surface area (Å²) in [6, 6.07) is 3.38. The number of nitrogens with one attached hydrogen (secondary N) is 3. The third kappa shape index (κ3) is 7.26. The molecule has 0 spiro atoms. The number of piperazine rings is 1. The van der Waals surface area contributed by atoms with E-state index in [0.29, 0.717) is 17.0 Å². The number of phenols is 2. The monoisotopic (exact) mass is 659 g/mol. The summed E-state index contributed by atoms with van der Waals surface area (Å²) < 4.78 is 5.46. The summed E-state index contributed by atoms with van der Waals surface area (Å²) >= 11 is 6.23. The van der Waals surface area contributed by atoms with Crippen LogP contribution in [-0.4, -0.2) is 106 Å². The second-order valence-corrected chi connectivity index (χ2v) is 10.9. The van der Waals surface area contributed by atoms with Crippen molar-refractivity contribution in [2.45, 2.75) is 31.6 Å². The van der Waals surface area contributed by atoms with E-state index in [0.717, 1.165) is 11.0 Å². The van der Waals surface area contributed by atoms with Gasteiger partial charge >= 0.3 is 37.0 Å². The molecule has 1 unspecified atom stereocenters. The minimum atomic E-state index is -1.63. The number of ketones is 1. The van der Waals surface area contributed by atoms with Crippen LogP contribution in [0.1, 0.15) is 40.9 Å². The zero-order chi connectivity index (χ0) is 33.7. The molecule has 1 fully saturated rings. The Morgan fingerprint density at radius 1 is 1.09 bits per heavy atom. The van der Waals surface area contributed by atoms with E-state index in [1.165, 1.54) is 18.2 Å². The molecule has 16 nitrogen and oxygen atoms in total. The fourth-order valence-corrected chi connectivity index (χ4v) is 5.41. The van der Waals surface area contributed by atoms with E-state index >= 15 is 0 Å². The number of imide groups is 1. The third-order valence-electron chi connectivity index (χ3n) is 7.50. The highest BCUT2D eigenvalue weighted by Crippen LogP contribution is 2.41. The lowest BCUT2D eigenvalue weighted by Crippen LogP contribution is -2.59. The summed E-state index contributed by atoms with van der Waals surface area (Å²) in [5, 5.41) is 47.2. The Labute approximate surface area is 267 Å². The number of aromatic carboxylic acids is 1. The van der Waals surface area contributed by atoms with Gasteiger partial charge in [-0.2, -0.15) is 0 Å². The van der Waals surface area contributed by atoms with Gasteiger partial charge in [0.1, 0.15) is 11.8 Å². The van der Waals surface area contributed by atoms with Gasteiger partial charge in [-0.15, -0.1) is 0 Å². The van der Waals surface area contributed by atoms with Gasteiger partial charge in [0, 0.05) is 50.5 Å². The fraction of sp³-hybridized carbons (Fsp3) is 0.357. The molecule has 46 heavy (non-hydrogen) atoms. The third-order valence-corrected chi connectivity index (χ3v) is 7.90. The number of aromatic hydroxyl groups is 2. The van der Waals surface area contributed by atoms with E-state index in [9.17, 15) is 49.1 Å². The van der Waals surface area contributed by atoms with Crippen molar-refractivity contribution in [2.75, 3.05) is 32.7 Å². The molecule has 2 aliphatic heterocycles. The van der Waals surface area contributed by atoms with Crippen molar-refractivity contribution in [1.29, 1.82) is 0 Å². The first-order chi connectivity index (χ1) is 21.8. The van der Waals surface area contributed by atoms with Gasteiger partial charge in [-0.1, -0.05) is 29.8 Å². The van der Waals surface area contributed by atoms with Crippen LogP contribution in [0.4, 0.5) is 9.59 Å². The van der Waals surface area contributed by atoms with Gasteiger partial charge in [-0.25, -0.2) is 14.4 Å². The predicted molar refractivity (Wildman–Crippen MR) is 161 cm³/mol. The second kappa shape index (κ2) is 14.4. The quantitative estimate of drug-likeness (QED) is 0.106. The molecule has 244 valence electrons. The van der Waals surface area contributed by atoms with Crippen molar-refractivity contribution in [2.24, 2.45) is 0 Å². The molecule has 2 heterocycles. The number of nitrogens with zero attached hydrogens (tertiary/aromatic N) is 2. The maximum Gasteiger partial charge on any atom is 0.526 e. The summed E-state index contributed by atoms with van der Waals surface area (Å²) in [7, 11) is -1.60. The van der Waals surface area contributed by atoms with Gasteiger partial charge in [-0.05, 0) is 31.0 Å². The SMILES string of the molecule is CCNC(=O)NCCN1CCN(C(=O)NC(C(=O)C[C@H]2Cc3cccc(C(=O)O)c3OB2O)c2ccc(O)c(O)c2Cl)C(=O)C1=O. The molecule has 18 heteroatoms. The number of hydrogen-bond donors (Lipinski definition) is 7. The Kier molecular flexibility index (Phi) is 10.6. The molecule has 2 aromatic rings. The van der Waals surface area contributed by atoms with E-state index in [2.05, 4.69) is 16.0 Å². The maximum atomic E-state index is 13.7. The number of phenolic OH excluding ortho intramolecular Hbond substituents is 2. The van der Waals surface area contributed by atoms with Crippen molar-refractivity contribution in [3.8, 4) is 17.2 Å². The van der Waals surface area contributed by atoms with Crippen LogP contribution in [0, 0.1) is 0 Å². The first kappa shape index (κ1) is 33.9. The summed E-state index contributed by atoms with van der Waals surface area (Å²) in [6.45, 7) is 1.88. The lowest BCUT2D eigenvalue weighted by Gasteiger charge is -2.33. The maximum absolute atomic E-state index is 13.7. The van der Waals surface area contributed by atoms with Crippen molar-refractivity contribution in [3.05, 3.63) is 52.0 Å². The van der Waals surface area contributed by atoms with E-state index in [1.54, 1.807) is 13.0 Å². The first-order valence-corrected chi connectivity index (χ1v) is 14.6. The van der Waals surface area contributed by atoms with Crippen molar-refractivity contribution in [3.63, 3.8) is 0 Å². The fourth-order valence-electron chi connectivity index (χ4n) is 5.14. The van der Waals surface area contributed by atoms with E-state index < -0.39 is 77.5 Å². The summed E-state index contributed by atoms with van der Waals surface area (Å²) in [5.41, 5.74) is 0.103. The number of para-hydroxylation sites is 1. The Hall–Kier alpha value is -5.03. The van der Waals surface area contributed by atoms with Crippen LogP contribution < -0.4 is 20.6 Å². The Morgan fingerprint density at radius 2 is 1.83 bits per heavy atom. The summed E-state index contributed by atoms with van der Waals surface area (Å²) in [5.74, 6) is -6.54. The zero-order valence-corrected chi connectivity index (χ0v) is 25.2. The number of carboxylic acids is 1. The van der Waals surface area contributed by atoms with Crippen molar-refractivity contribution >= 4 is 54.3 Å². The molecule has 2 aliphatic rings. The largest absolute Gasteiger partial charge is 0.535 e. The van der Waals surface area contributed by atoms with E-state index in [1.807, 2.05) is 0 Å². The summed E-state index contributed by atoms with van der Waals surface area (Å²) in [4.78, 5) is 77.6. The number of carbonyl (C=O) groups excluding carboxylic acids is 5. The van der Waals surface area contributed by atoms with Crippen LogP contribution in [0.3, 0.4) is 0 Å². The van der Waals surface area contributed by atoms with Crippen LogP contribution in [0.2, 0.25) is 10.8 Å². The lowest BCUT2D eigenvalue weighted by molar-refractivity contribution is -0.153. The van der Waals surface area contributed by atoms with Gasteiger partial charge in [-0.3, -0.25) is 19.3 Å². The minimum Gasteiger partial charge on any atom is -0.535 e. The molecule has 1 saturated heterocycles. The van der Waals surface area contributed by atoms with Crippen LogP contribution >= 0.6 is 11.6 Å². The zero-order valence-electron chi connectivity index (χ0n) is 24.5. The highest BCUT2D eigenvalue weighted by Gasteiger charge is 2.41. The molecule has 0 bridgehead atoms. The normalized spacial score (nSPS) is 16.7. The number of amides is 6. The molecule has 2 atom stereocenters. The average molecular weight is 660 g/mol. The molecular weight excluding hydrogens is 629 g/mol. The topological polar surface area (TPSA) is 235 Å². The van der Waals surface area contributed by atoms with E-state index in [4.69, 9.17) is 16.3 Å². The number of fused-ring (bicyclic) bond motifs is 1. The number of urea groups is 2. The Morgan fingerprint density at radius 3 is 2.52 bits per heavy atom. The number of benzene rings is 2.